The van der Waals surface area contributed by atoms with Gasteiger partial charge in [0.15, 0.2) is 5.82 Å². The molecule has 36 heavy (non-hydrogen) atoms. The Labute approximate surface area is 221 Å². The van der Waals surface area contributed by atoms with Crippen molar-refractivity contribution in [2.45, 2.75) is 78.2 Å². The minimum absolute atomic E-state index is 0.0196. The summed E-state index contributed by atoms with van der Waals surface area (Å²) in [6.07, 6.45) is -0.334. The summed E-state index contributed by atoms with van der Waals surface area (Å²) in [5.41, 5.74) is -0.383. The number of hydrogen-bond donors (Lipinski definition) is 1. The summed E-state index contributed by atoms with van der Waals surface area (Å²) >= 11 is 6.67. The first-order chi connectivity index (χ1) is 17.8. The number of fused-ring (bicyclic) bond motifs is 1. The van der Waals surface area contributed by atoms with Crippen LogP contribution in [0.5, 0.6) is 0 Å². The van der Waals surface area contributed by atoms with E-state index in [0.29, 0.717) is 16.9 Å². The number of carbonyl (C=O) groups is 2. The molecule has 0 bridgehead atoms. The van der Waals surface area contributed by atoms with Crippen molar-refractivity contribution < 1.29 is 27.7 Å². The first kappa shape index (κ1) is 22.6. The van der Waals surface area contributed by atoms with Crippen LogP contribution in [0.25, 0.3) is 0 Å². The highest BCUT2D eigenvalue weighted by atomic mass is 35.5. The lowest BCUT2D eigenvalue weighted by Crippen LogP contribution is -2.41. The van der Waals surface area contributed by atoms with Crippen LogP contribution in [0.3, 0.4) is 0 Å². The molecule has 2 aliphatic rings. The van der Waals surface area contributed by atoms with Crippen LogP contribution >= 0.6 is 11.6 Å². The molecule has 1 saturated heterocycles. The van der Waals surface area contributed by atoms with E-state index in [1.54, 1.807) is 39.0 Å². The molecule has 4 rings (SSSR count). The molecular weight excluding hydrogens is 483 g/mol. The molecule has 194 valence electrons. The molecule has 0 saturated carbocycles. The SMILES string of the molecule is [2H]C([2H])([2H])n1c(C(=O)Nc2cccc(B3OC(C)(C)C(C)(C)O3)c2Cl)nc2c1CCN(C(=O)OC(C)(C)C)C2. The summed E-state index contributed by atoms with van der Waals surface area (Å²) in [4.78, 5) is 31.8. The summed E-state index contributed by atoms with van der Waals surface area (Å²) in [7, 11) is -0.755. The van der Waals surface area contributed by atoms with E-state index in [4.69, 9.17) is 29.8 Å². The lowest BCUT2D eigenvalue weighted by Gasteiger charge is -2.32. The second-order valence-electron chi connectivity index (χ2n) is 11.1. The number of nitrogens with zero attached hydrogens (tertiary/aromatic N) is 3. The van der Waals surface area contributed by atoms with E-state index in [1.165, 1.54) is 4.90 Å². The van der Waals surface area contributed by atoms with Gasteiger partial charge < -0.3 is 28.8 Å². The molecule has 0 aliphatic carbocycles. The number of ether oxygens (including phenoxy) is 1. The second kappa shape index (κ2) is 9.08. The molecule has 11 heteroatoms. The summed E-state index contributed by atoms with van der Waals surface area (Å²) < 4.78 is 42.8. The third kappa shape index (κ3) is 4.99. The van der Waals surface area contributed by atoms with Gasteiger partial charge in [-0.3, -0.25) is 4.79 Å². The van der Waals surface area contributed by atoms with Crippen LogP contribution < -0.4 is 10.8 Å². The molecule has 1 fully saturated rings. The third-order valence-electron chi connectivity index (χ3n) is 6.65. The Bertz CT molecular complexity index is 1290. The molecule has 0 radical (unpaired) electrons. The van der Waals surface area contributed by atoms with E-state index in [2.05, 4.69) is 10.3 Å². The number of aromatic nitrogens is 2. The van der Waals surface area contributed by atoms with E-state index in [-0.39, 0.29) is 36.0 Å². The third-order valence-corrected chi connectivity index (χ3v) is 7.08. The average Bonchev–Trinajstić information content (AvgIpc) is 3.27. The number of benzene rings is 1. The van der Waals surface area contributed by atoms with Crippen LogP contribution in [0.1, 0.15) is 74.6 Å². The fourth-order valence-corrected chi connectivity index (χ4v) is 4.26. The van der Waals surface area contributed by atoms with Crippen LogP contribution in [0.15, 0.2) is 18.2 Å². The largest absolute Gasteiger partial charge is 0.496 e. The number of imidazole rings is 1. The number of anilines is 1. The van der Waals surface area contributed by atoms with Crippen molar-refractivity contribution in [2.75, 3.05) is 11.9 Å². The van der Waals surface area contributed by atoms with Crippen LogP contribution in [-0.2, 0) is 34.0 Å². The van der Waals surface area contributed by atoms with Gasteiger partial charge in [-0.2, -0.15) is 0 Å². The van der Waals surface area contributed by atoms with E-state index < -0.39 is 42.9 Å². The Morgan fingerprint density at radius 3 is 2.50 bits per heavy atom. The molecule has 9 nitrogen and oxygen atoms in total. The molecule has 2 aromatic rings. The highest BCUT2D eigenvalue weighted by Crippen LogP contribution is 2.37. The summed E-state index contributed by atoms with van der Waals surface area (Å²) in [5, 5.41) is 2.90. The maximum atomic E-state index is 13.4. The molecule has 0 atom stereocenters. The topological polar surface area (TPSA) is 94.9 Å². The maximum Gasteiger partial charge on any atom is 0.496 e. The second-order valence-corrected chi connectivity index (χ2v) is 11.4. The Balaban J connectivity index is 1.62. The number of hydrogen-bond acceptors (Lipinski definition) is 6. The zero-order chi connectivity index (χ0) is 29.1. The van der Waals surface area contributed by atoms with Gasteiger partial charge in [0.2, 0.25) is 0 Å². The number of carbonyl (C=O) groups excluding carboxylic acids is 2. The minimum atomic E-state index is -2.67. The molecule has 1 aromatic carbocycles. The predicted octanol–water partition coefficient (Wildman–Crippen LogP) is 3.92. The van der Waals surface area contributed by atoms with Crippen LogP contribution in [0.4, 0.5) is 10.5 Å². The zero-order valence-electron chi connectivity index (χ0n) is 24.7. The van der Waals surface area contributed by atoms with E-state index in [1.807, 2.05) is 27.7 Å². The molecule has 2 amide bonds. The van der Waals surface area contributed by atoms with Crippen molar-refractivity contribution >= 4 is 41.9 Å². The first-order valence-corrected chi connectivity index (χ1v) is 12.2. The molecule has 0 unspecified atom stereocenters. The number of amides is 2. The van der Waals surface area contributed by atoms with Crippen LogP contribution in [-0.4, -0.2) is 56.9 Å². The summed E-state index contributed by atoms with van der Waals surface area (Å²) in [6, 6.07) is 5.04. The van der Waals surface area contributed by atoms with E-state index >= 15 is 0 Å². The predicted molar refractivity (Wildman–Crippen MR) is 139 cm³/mol. The van der Waals surface area contributed by atoms with E-state index in [9.17, 15) is 9.59 Å². The highest BCUT2D eigenvalue weighted by Gasteiger charge is 2.52. The van der Waals surface area contributed by atoms with Crippen molar-refractivity contribution in [1.29, 1.82) is 0 Å². The van der Waals surface area contributed by atoms with Crippen molar-refractivity contribution in [1.82, 2.24) is 14.5 Å². The Hall–Kier alpha value is -2.56. The summed E-state index contributed by atoms with van der Waals surface area (Å²) in [5.74, 6) is -1.06. The lowest BCUT2D eigenvalue weighted by atomic mass is 9.79. The molecular formula is C25H34BClN4O5. The quantitative estimate of drug-likeness (QED) is 0.618. The Morgan fingerprint density at radius 1 is 1.22 bits per heavy atom. The van der Waals surface area contributed by atoms with Gasteiger partial charge >= 0.3 is 13.2 Å². The molecule has 1 N–H and O–H groups in total. The van der Waals surface area contributed by atoms with Gasteiger partial charge in [0.25, 0.3) is 5.91 Å². The number of nitrogens with one attached hydrogen (secondary N) is 1. The number of rotatable bonds is 3. The fourth-order valence-electron chi connectivity index (χ4n) is 3.99. The summed E-state index contributed by atoms with van der Waals surface area (Å²) in [6.45, 7) is 10.6. The van der Waals surface area contributed by atoms with Crippen LogP contribution in [0.2, 0.25) is 5.02 Å². The van der Waals surface area contributed by atoms with Gasteiger partial charge in [-0.05, 0) is 54.5 Å². The first-order valence-electron chi connectivity index (χ1n) is 13.3. The van der Waals surface area contributed by atoms with Gasteiger partial charge in [0.05, 0.1) is 34.2 Å². The highest BCUT2D eigenvalue weighted by molar-refractivity contribution is 6.66. The molecule has 2 aliphatic heterocycles. The molecule has 0 spiro atoms. The average molecular weight is 520 g/mol. The van der Waals surface area contributed by atoms with Gasteiger partial charge in [0.1, 0.15) is 5.60 Å². The van der Waals surface area contributed by atoms with Crippen molar-refractivity contribution in [3.05, 3.63) is 40.4 Å². The van der Waals surface area contributed by atoms with Crippen molar-refractivity contribution in [3.8, 4) is 0 Å². The fraction of sp³-hybridized carbons (Fsp3) is 0.560. The van der Waals surface area contributed by atoms with Crippen LogP contribution in [0, 0.1) is 0 Å². The van der Waals surface area contributed by atoms with Gasteiger partial charge in [-0.1, -0.05) is 23.7 Å². The Morgan fingerprint density at radius 2 is 1.89 bits per heavy atom. The van der Waals surface area contributed by atoms with Crippen molar-refractivity contribution in [3.63, 3.8) is 0 Å². The van der Waals surface area contributed by atoms with Gasteiger partial charge in [0, 0.05) is 35.2 Å². The van der Waals surface area contributed by atoms with Gasteiger partial charge in [-0.25, -0.2) is 9.78 Å². The van der Waals surface area contributed by atoms with Gasteiger partial charge in [-0.15, -0.1) is 0 Å². The lowest BCUT2D eigenvalue weighted by molar-refractivity contribution is 0.00578. The monoisotopic (exact) mass is 519 g/mol. The molecule has 3 heterocycles. The maximum absolute atomic E-state index is 13.4. The minimum Gasteiger partial charge on any atom is -0.444 e. The number of halogens is 1. The van der Waals surface area contributed by atoms with E-state index in [0.717, 1.165) is 4.57 Å². The Kier molecular flexibility index (Phi) is 5.71. The smallest absolute Gasteiger partial charge is 0.444 e. The zero-order valence-corrected chi connectivity index (χ0v) is 22.4. The normalized spacial score (nSPS) is 20.3. The van der Waals surface area contributed by atoms with Crippen molar-refractivity contribution in [2.24, 2.45) is 6.98 Å². The molecule has 1 aromatic heterocycles. The standard InChI is InChI=1S/C25H34BClN4O5/c1-23(2,3)34-22(33)31-13-12-18-17(14-31)28-20(30(18)8)21(32)29-16-11-9-10-15(19(16)27)26-35-24(4,5)25(6,7)36-26/h9-11H,12-14H2,1-8H3,(H,29,32)/i8D3.